The molecule has 0 radical (unpaired) electrons. The molecule has 6 nitrogen and oxygen atoms in total. The van der Waals surface area contributed by atoms with E-state index in [0.717, 1.165) is 61.7 Å². The van der Waals surface area contributed by atoms with Crippen LogP contribution in [0.3, 0.4) is 0 Å². The van der Waals surface area contributed by atoms with Crippen molar-refractivity contribution >= 4 is 27.3 Å². The lowest BCUT2D eigenvalue weighted by atomic mass is 9.96. The van der Waals surface area contributed by atoms with E-state index in [-0.39, 0.29) is 11.5 Å². The number of sulfone groups is 1. The molecule has 0 spiro atoms. The summed E-state index contributed by atoms with van der Waals surface area (Å²) in [4.78, 5) is 11.9. The number of aromatic nitrogens is 2. The molecule has 2 aromatic rings. The molecule has 0 bridgehead atoms. The van der Waals surface area contributed by atoms with Gasteiger partial charge < -0.3 is 10.2 Å². The fraction of sp³-hybridized carbons (Fsp3) is 0.524. The van der Waals surface area contributed by atoms with E-state index < -0.39 is 9.84 Å². The van der Waals surface area contributed by atoms with Gasteiger partial charge in [-0.3, -0.25) is 0 Å². The molecule has 1 saturated heterocycles. The molecule has 8 heteroatoms. The van der Waals surface area contributed by atoms with E-state index in [2.05, 4.69) is 10.2 Å². The van der Waals surface area contributed by atoms with Crippen molar-refractivity contribution in [2.75, 3.05) is 43.0 Å². The van der Waals surface area contributed by atoms with Crippen molar-refractivity contribution in [2.45, 2.75) is 32.1 Å². The first kappa shape index (κ1) is 20.6. The van der Waals surface area contributed by atoms with E-state index in [1.807, 2.05) is 24.3 Å². The normalized spacial score (nSPS) is 18.9. The minimum absolute atomic E-state index is 0.281. The van der Waals surface area contributed by atoms with Gasteiger partial charge in [0.25, 0.3) is 0 Å². The standard InChI is InChI=1S/C21H27ClN4O2S/c22-17-6-3-5-16(15-17)20-24-19-8-2-1-7-18(19)21(25-20)23-9-4-10-26-11-13-29(27,28)14-12-26/h3,5-6,15H,1-2,4,7-14H2,(H,23,24,25). The van der Waals surface area contributed by atoms with Crippen LogP contribution in [-0.2, 0) is 22.7 Å². The topological polar surface area (TPSA) is 75.2 Å². The largest absolute Gasteiger partial charge is 0.370 e. The van der Waals surface area contributed by atoms with Crippen molar-refractivity contribution in [1.82, 2.24) is 14.9 Å². The van der Waals surface area contributed by atoms with Gasteiger partial charge in [-0.1, -0.05) is 23.7 Å². The Bertz CT molecular complexity index is 967. The van der Waals surface area contributed by atoms with Crippen molar-refractivity contribution in [3.63, 3.8) is 0 Å². The van der Waals surface area contributed by atoms with Crippen molar-refractivity contribution in [1.29, 1.82) is 0 Å². The van der Waals surface area contributed by atoms with E-state index in [9.17, 15) is 8.42 Å². The average molecular weight is 435 g/mol. The first-order chi connectivity index (χ1) is 14.0. The quantitative estimate of drug-likeness (QED) is 0.703. The summed E-state index contributed by atoms with van der Waals surface area (Å²) in [6, 6.07) is 7.67. The summed E-state index contributed by atoms with van der Waals surface area (Å²) < 4.78 is 23.1. The Morgan fingerprint density at radius 3 is 2.69 bits per heavy atom. The zero-order valence-corrected chi connectivity index (χ0v) is 18.1. The summed E-state index contributed by atoms with van der Waals surface area (Å²) in [6.45, 7) is 2.99. The smallest absolute Gasteiger partial charge is 0.161 e. The zero-order valence-electron chi connectivity index (χ0n) is 16.5. The molecule has 2 heterocycles. The SMILES string of the molecule is O=S1(=O)CCN(CCCNc2nc(-c3cccc(Cl)c3)nc3c2CCCC3)CC1. The fourth-order valence-corrected chi connectivity index (χ4v) is 5.45. The van der Waals surface area contributed by atoms with Gasteiger partial charge >= 0.3 is 0 Å². The van der Waals surface area contributed by atoms with Crippen LogP contribution in [-0.4, -0.2) is 61.0 Å². The van der Waals surface area contributed by atoms with Gasteiger partial charge in [-0.15, -0.1) is 0 Å². The van der Waals surface area contributed by atoms with Crippen molar-refractivity contribution in [3.8, 4) is 11.4 Å². The molecule has 0 unspecified atom stereocenters. The number of benzene rings is 1. The number of hydrogen-bond donors (Lipinski definition) is 1. The summed E-state index contributed by atoms with van der Waals surface area (Å²) in [5.41, 5.74) is 3.32. The van der Waals surface area contributed by atoms with Crippen LogP contribution >= 0.6 is 11.6 Å². The van der Waals surface area contributed by atoms with Gasteiger partial charge in [0.2, 0.25) is 0 Å². The minimum atomic E-state index is -2.82. The van der Waals surface area contributed by atoms with E-state index in [1.54, 1.807) is 0 Å². The number of fused-ring (bicyclic) bond motifs is 1. The van der Waals surface area contributed by atoms with Gasteiger partial charge in [0.15, 0.2) is 15.7 Å². The Kier molecular flexibility index (Phi) is 6.37. The van der Waals surface area contributed by atoms with Crippen LogP contribution in [0.25, 0.3) is 11.4 Å². The van der Waals surface area contributed by atoms with Gasteiger partial charge in [-0.2, -0.15) is 0 Å². The van der Waals surface area contributed by atoms with Crippen LogP contribution in [0.4, 0.5) is 5.82 Å². The van der Waals surface area contributed by atoms with E-state index in [1.165, 1.54) is 12.0 Å². The maximum atomic E-state index is 11.6. The Balaban J connectivity index is 1.43. The third-order valence-electron chi connectivity index (χ3n) is 5.65. The van der Waals surface area contributed by atoms with E-state index in [0.29, 0.717) is 18.1 Å². The lowest BCUT2D eigenvalue weighted by Crippen LogP contribution is -2.41. The van der Waals surface area contributed by atoms with Crippen LogP contribution in [0.2, 0.25) is 5.02 Å². The molecule has 0 amide bonds. The lowest BCUT2D eigenvalue weighted by molar-refractivity contribution is 0.294. The van der Waals surface area contributed by atoms with Crippen molar-refractivity contribution < 1.29 is 8.42 Å². The van der Waals surface area contributed by atoms with Crippen LogP contribution < -0.4 is 5.32 Å². The molecule has 1 aliphatic heterocycles. The third-order valence-corrected chi connectivity index (χ3v) is 7.49. The minimum Gasteiger partial charge on any atom is -0.370 e. The highest BCUT2D eigenvalue weighted by atomic mass is 35.5. The Morgan fingerprint density at radius 2 is 1.90 bits per heavy atom. The molecule has 1 aromatic heterocycles. The number of nitrogens with one attached hydrogen (secondary N) is 1. The van der Waals surface area contributed by atoms with Crippen LogP contribution in [0.1, 0.15) is 30.5 Å². The number of hydrogen-bond acceptors (Lipinski definition) is 6. The Morgan fingerprint density at radius 1 is 1.10 bits per heavy atom. The molecular formula is C21H27ClN4O2S. The highest BCUT2D eigenvalue weighted by molar-refractivity contribution is 7.91. The van der Waals surface area contributed by atoms with Crippen LogP contribution in [0.15, 0.2) is 24.3 Å². The molecule has 0 saturated carbocycles. The highest BCUT2D eigenvalue weighted by Crippen LogP contribution is 2.29. The first-order valence-corrected chi connectivity index (χ1v) is 12.5. The van der Waals surface area contributed by atoms with Crippen molar-refractivity contribution in [3.05, 3.63) is 40.5 Å². The number of aryl methyl sites for hydroxylation is 1. The second-order valence-electron chi connectivity index (χ2n) is 7.81. The number of rotatable bonds is 6. The summed E-state index contributed by atoms with van der Waals surface area (Å²) in [5.74, 6) is 2.22. The molecule has 1 fully saturated rings. The van der Waals surface area contributed by atoms with Gasteiger partial charge in [0, 0.05) is 41.5 Å². The molecule has 0 atom stereocenters. The van der Waals surface area contributed by atoms with Crippen molar-refractivity contribution in [2.24, 2.45) is 0 Å². The second kappa shape index (κ2) is 8.98. The maximum Gasteiger partial charge on any atom is 0.161 e. The average Bonchev–Trinajstić information content (AvgIpc) is 2.72. The summed E-state index contributed by atoms with van der Waals surface area (Å²) >= 11 is 6.16. The Labute approximate surface area is 177 Å². The summed E-state index contributed by atoms with van der Waals surface area (Å²) in [5, 5.41) is 4.21. The van der Waals surface area contributed by atoms with Crippen LogP contribution in [0, 0.1) is 0 Å². The molecule has 29 heavy (non-hydrogen) atoms. The van der Waals surface area contributed by atoms with Gasteiger partial charge in [-0.25, -0.2) is 18.4 Å². The molecule has 4 rings (SSSR count). The highest BCUT2D eigenvalue weighted by Gasteiger charge is 2.21. The molecule has 1 N–H and O–H groups in total. The second-order valence-corrected chi connectivity index (χ2v) is 10.6. The van der Waals surface area contributed by atoms with E-state index >= 15 is 0 Å². The third kappa shape index (κ3) is 5.27. The number of nitrogens with zero attached hydrogens (tertiary/aromatic N) is 3. The Hall–Kier alpha value is -1.70. The van der Waals surface area contributed by atoms with Gasteiger partial charge in [0.05, 0.1) is 11.5 Å². The lowest BCUT2D eigenvalue weighted by Gasteiger charge is -2.26. The predicted octanol–water partition coefficient (Wildman–Crippen LogP) is 3.21. The van der Waals surface area contributed by atoms with Crippen LogP contribution in [0.5, 0.6) is 0 Å². The predicted molar refractivity (Wildman–Crippen MR) is 117 cm³/mol. The maximum absolute atomic E-state index is 11.6. The number of anilines is 1. The number of halogens is 1. The fourth-order valence-electron chi connectivity index (χ4n) is 3.98. The first-order valence-electron chi connectivity index (χ1n) is 10.3. The molecule has 1 aromatic carbocycles. The summed E-state index contributed by atoms with van der Waals surface area (Å²) in [6.07, 6.45) is 5.28. The van der Waals surface area contributed by atoms with E-state index in [4.69, 9.17) is 21.6 Å². The molecular weight excluding hydrogens is 408 g/mol. The molecule has 1 aliphatic carbocycles. The molecule has 156 valence electrons. The van der Waals surface area contributed by atoms with Gasteiger partial charge in [-0.05, 0) is 50.8 Å². The zero-order chi connectivity index (χ0) is 20.3. The summed E-state index contributed by atoms with van der Waals surface area (Å²) in [7, 11) is -2.82. The molecule has 2 aliphatic rings. The monoisotopic (exact) mass is 434 g/mol. The van der Waals surface area contributed by atoms with Gasteiger partial charge in [0.1, 0.15) is 5.82 Å².